The zero-order chi connectivity index (χ0) is 14.3. The first kappa shape index (κ1) is 13.4. The Morgan fingerprint density at radius 3 is 2.80 bits per heavy atom. The van der Waals surface area contributed by atoms with Gasteiger partial charge in [0.1, 0.15) is 0 Å². The van der Waals surface area contributed by atoms with E-state index < -0.39 is 0 Å². The van der Waals surface area contributed by atoms with Gasteiger partial charge in [-0.25, -0.2) is 4.79 Å². The van der Waals surface area contributed by atoms with Crippen molar-refractivity contribution in [3.63, 3.8) is 0 Å². The van der Waals surface area contributed by atoms with Crippen LogP contribution < -0.4 is 11.0 Å². The maximum absolute atomic E-state index is 11.3. The summed E-state index contributed by atoms with van der Waals surface area (Å²) in [5, 5.41) is 3.68. The van der Waals surface area contributed by atoms with Crippen LogP contribution in [0.2, 0.25) is 0 Å². The Bertz CT molecular complexity index is 649. The average molecular weight is 274 g/mol. The highest BCUT2D eigenvalue weighted by Crippen LogP contribution is 2.21. The first-order valence-electron chi connectivity index (χ1n) is 7.21. The van der Waals surface area contributed by atoms with E-state index in [9.17, 15) is 4.79 Å². The molecule has 2 aromatic rings. The third-order valence-electron chi connectivity index (χ3n) is 4.41. The fourth-order valence-electron chi connectivity index (χ4n) is 3.08. The van der Waals surface area contributed by atoms with Crippen molar-refractivity contribution in [3.05, 3.63) is 34.2 Å². The molecule has 2 heterocycles. The van der Waals surface area contributed by atoms with Crippen LogP contribution in [0.5, 0.6) is 0 Å². The lowest BCUT2D eigenvalue weighted by atomic mass is 10.1. The molecule has 3 rings (SSSR count). The van der Waals surface area contributed by atoms with E-state index >= 15 is 0 Å². The van der Waals surface area contributed by atoms with Gasteiger partial charge in [-0.05, 0) is 45.0 Å². The fraction of sp³-hybridized carbons (Fsp3) is 0.533. The van der Waals surface area contributed by atoms with Gasteiger partial charge in [-0.15, -0.1) is 0 Å². The van der Waals surface area contributed by atoms with Gasteiger partial charge in [-0.3, -0.25) is 0 Å². The number of fused-ring (bicyclic) bond motifs is 1. The van der Waals surface area contributed by atoms with Gasteiger partial charge in [0.15, 0.2) is 0 Å². The van der Waals surface area contributed by atoms with Gasteiger partial charge in [-0.2, -0.15) is 0 Å². The number of imidazole rings is 1. The summed E-state index contributed by atoms with van der Waals surface area (Å²) in [5.41, 5.74) is 2.79. The molecule has 0 radical (unpaired) electrons. The second-order valence-corrected chi connectivity index (χ2v) is 5.99. The van der Waals surface area contributed by atoms with Crippen LogP contribution in [0.3, 0.4) is 0 Å². The molecule has 0 saturated carbocycles. The van der Waals surface area contributed by atoms with Crippen molar-refractivity contribution in [1.82, 2.24) is 20.2 Å². The molecule has 108 valence electrons. The van der Waals surface area contributed by atoms with Crippen molar-refractivity contribution in [3.8, 4) is 0 Å². The SMILES string of the molecule is CC(NC1CC(C)N(C)C1)c1ccc2[nH]c(=O)[nH]c2c1. The fourth-order valence-corrected chi connectivity index (χ4v) is 3.08. The highest BCUT2D eigenvalue weighted by molar-refractivity contribution is 5.75. The Kier molecular flexibility index (Phi) is 3.40. The van der Waals surface area contributed by atoms with Crippen molar-refractivity contribution in [2.45, 2.75) is 38.4 Å². The molecule has 3 atom stereocenters. The number of hydrogen-bond donors (Lipinski definition) is 3. The molecule has 1 saturated heterocycles. The molecular weight excluding hydrogens is 252 g/mol. The number of H-pyrrole nitrogens is 2. The summed E-state index contributed by atoms with van der Waals surface area (Å²) in [6.07, 6.45) is 1.18. The monoisotopic (exact) mass is 274 g/mol. The normalized spacial score (nSPS) is 25.4. The number of rotatable bonds is 3. The number of likely N-dealkylation sites (N-methyl/N-ethyl adjacent to an activating group) is 1. The summed E-state index contributed by atoms with van der Waals surface area (Å²) >= 11 is 0. The van der Waals surface area contributed by atoms with Crippen LogP contribution in [0.1, 0.15) is 31.9 Å². The van der Waals surface area contributed by atoms with Crippen LogP contribution >= 0.6 is 0 Å². The van der Waals surface area contributed by atoms with Crippen LogP contribution in [0.15, 0.2) is 23.0 Å². The molecule has 1 aromatic carbocycles. The summed E-state index contributed by atoms with van der Waals surface area (Å²) in [4.78, 5) is 19.3. The molecule has 5 nitrogen and oxygen atoms in total. The van der Waals surface area contributed by atoms with Gasteiger partial charge in [0.25, 0.3) is 0 Å². The molecule has 3 N–H and O–H groups in total. The van der Waals surface area contributed by atoms with Crippen LogP contribution in [0.25, 0.3) is 11.0 Å². The van der Waals surface area contributed by atoms with E-state index in [-0.39, 0.29) is 11.7 Å². The van der Waals surface area contributed by atoms with Crippen LogP contribution in [0.4, 0.5) is 0 Å². The predicted octanol–water partition coefficient (Wildman–Crippen LogP) is 1.60. The Morgan fingerprint density at radius 1 is 1.35 bits per heavy atom. The van der Waals surface area contributed by atoms with E-state index in [1.54, 1.807) is 0 Å². The van der Waals surface area contributed by atoms with Crippen molar-refractivity contribution in [2.24, 2.45) is 0 Å². The maximum atomic E-state index is 11.3. The van der Waals surface area contributed by atoms with E-state index in [0.29, 0.717) is 12.1 Å². The van der Waals surface area contributed by atoms with Gasteiger partial charge in [0, 0.05) is 24.7 Å². The smallest absolute Gasteiger partial charge is 0.306 e. The quantitative estimate of drug-likeness (QED) is 0.796. The molecule has 0 bridgehead atoms. The topological polar surface area (TPSA) is 63.9 Å². The molecule has 5 heteroatoms. The van der Waals surface area contributed by atoms with Crippen LogP contribution in [-0.4, -0.2) is 40.5 Å². The highest BCUT2D eigenvalue weighted by Gasteiger charge is 2.27. The van der Waals surface area contributed by atoms with E-state index in [2.05, 4.69) is 47.1 Å². The molecule has 0 aliphatic carbocycles. The first-order valence-corrected chi connectivity index (χ1v) is 7.21. The molecule has 1 aliphatic heterocycles. The molecule has 1 fully saturated rings. The Labute approximate surface area is 118 Å². The third-order valence-corrected chi connectivity index (χ3v) is 4.41. The minimum atomic E-state index is -0.149. The van der Waals surface area contributed by atoms with Crippen LogP contribution in [0, 0.1) is 0 Å². The number of benzene rings is 1. The Morgan fingerprint density at radius 2 is 2.10 bits per heavy atom. The third kappa shape index (κ3) is 2.51. The largest absolute Gasteiger partial charge is 0.323 e. The maximum Gasteiger partial charge on any atom is 0.323 e. The molecule has 0 amide bonds. The predicted molar refractivity (Wildman–Crippen MR) is 81.0 cm³/mol. The molecule has 0 spiro atoms. The molecule has 1 aliphatic rings. The average Bonchev–Trinajstić information content (AvgIpc) is 2.90. The van der Waals surface area contributed by atoms with Crippen molar-refractivity contribution in [1.29, 1.82) is 0 Å². The number of aromatic amines is 2. The van der Waals surface area contributed by atoms with Crippen molar-refractivity contribution < 1.29 is 0 Å². The highest BCUT2D eigenvalue weighted by atomic mass is 16.1. The Balaban J connectivity index is 1.75. The molecule has 20 heavy (non-hydrogen) atoms. The van der Waals surface area contributed by atoms with Crippen molar-refractivity contribution >= 4 is 11.0 Å². The van der Waals surface area contributed by atoms with Crippen LogP contribution in [-0.2, 0) is 0 Å². The summed E-state index contributed by atoms with van der Waals surface area (Å²) in [6, 6.07) is 7.54. The standard InChI is InChI=1S/C15H22N4O/c1-9-6-12(8-19(9)3)16-10(2)11-4-5-13-14(7-11)18-15(20)17-13/h4-5,7,9-10,12,16H,6,8H2,1-3H3,(H2,17,18,20). The van der Waals surface area contributed by atoms with Gasteiger partial charge in [0.05, 0.1) is 11.0 Å². The minimum absolute atomic E-state index is 0.149. The number of aromatic nitrogens is 2. The van der Waals surface area contributed by atoms with Gasteiger partial charge in [0.2, 0.25) is 0 Å². The zero-order valence-corrected chi connectivity index (χ0v) is 12.2. The summed E-state index contributed by atoms with van der Waals surface area (Å²) in [6.45, 7) is 5.53. The Hall–Kier alpha value is -1.59. The van der Waals surface area contributed by atoms with Gasteiger partial charge in [-0.1, -0.05) is 6.07 Å². The minimum Gasteiger partial charge on any atom is -0.306 e. The number of hydrogen-bond acceptors (Lipinski definition) is 3. The molecular formula is C15H22N4O. The first-order chi connectivity index (χ1) is 9.52. The number of nitrogens with zero attached hydrogens (tertiary/aromatic N) is 1. The van der Waals surface area contributed by atoms with E-state index in [1.165, 1.54) is 12.0 Å². The lowest BCUT2D eigenvalue weighted by Crippen LogP contribution is -2.33. The summed E-state index contributed by atoms with van der Waals surface area (Å²) in [7, 11) is 2.17. The lowest BCUT2D eigenvalue weighted by molar-refractivity contribution is 0.325. The number of nitrogens with one attached hydrogen (secondary N) is 3. The number of likely N-dealkylation sites (tertiary alicyclic amines) is 1. The second kappa shape index (κ2) is 5.07. The summed E-state index contributed by atoms with van der Waals surface area (Å²) < 4.78 is 0. The van der Waals surface area contributed by atoms with E-state index in [4.69, 9.17) is 0 Å². The van der Waals surface area contributed by atoms with Gasteiger partial charge >= 0.3 is 5.69 Å². The van der Waals surface area contributed by atoms with Crippen molar-refractivity contribution in [2.75, 3.05) is 13.6 Å². The zero-order valence-electron chi connectivity index (χ0n) is 12.2. The second-order valence-electron chi connectivity index (χ2n) is 5.99. The summed E-state index contributed by atoms with van der Waals surface area (Å²) in [5.74, 6) is 0. The van der Waals surface area contributed by atoms with E-state index in [1.807, 2.05) is 12.1 Å². The van der Waals surface area contributed by atoms with E-state index in [0.717, 1.165) is 17.6 Å². The molecule has 1 aromatic heterocycles. The van der Waals surface area contributed by atoms with Gasteiger partial charge < -0.3 is 20.2 Å². The molecule has 3 unspecified atom stereocenters. The lowest BCUT2D eigenvalue weighted by Gasteiger charge is -2.19.